The predicted molar refractivity (Wildman–Crippen MR) is 84.7 cm³/mol. The van der Waals surface area contributed by atoms with Crippen molar-refractivity contribution in [3.8, 4) is 0 Å². The van der Waals surface area contributed by atoms with E-state index in [4.69, 9.17) is 0 Å². The Kier molecular flexibility index (Phi) is 4.61. The minimum atomic E-state index is 0.508. The van der Waals surface area contributed by atoms with Crippen LogP contribution in [0.5, 0.6) is 0 Å². The molecule has 1 aromatic carbocycles. The van der Waals surface area contributed by atoms with Gasteiger partial charge in [0.2, 0.25) is 5.95 Å². The Morgan fingerprint density at radius 3 is 2.48 bits per heavy atom. The highest BCUT2D eigenvalue weighted by Gasteiger charge is 2.13. The highest BCUT2D eigenvalue weighted by Crippen LogP contribution is 2.20. The predicted octanol–water partition coefficient (Wildman–Crippen LogP) is 3.75. The monoisotopic (exact) mass is 283 g/mol. The molecule has 0 saturated heterocycles. The fourth-order valence-electron chi connectivity index (χ4n) is 2.71. The molecule has 0 spiro atoms. The van der Waals surface area contributed by atoms with Crippen LogP contribution in [0.25, 0.3) is 0 Å². The molecule has 1 fully saturated rings. The zero-order chi connectivity index (χ0) is 14.3. The standard InChI is InChI=1S/C16H21N5/c1-2-5-9-13(8-4-1)18-15-12-17-21-16(20-15)19-14-10-6-3-7-11-14/h3,6-7,10-13H,1-2,4-5,8-9H2,(H2,18,19,20,21). The number of aromatic nitrogens is 3. The molecule has 110 valence electrons. The van der Waals surface area contributed by atoms with E-state index in [0.29, 0.717) is 12.0 Å². The number of anilines is 3. The first-order valence-corrected chi connectivity index (χ1v) is 7.68. The van der Waals surface area contributed by atoms with E-state index in [1.807, 2.05) is 30.3 Å². The Labute approximate surface area is 125 Å². The van der Waals surface area contributed by atoms with E-state index in [-0.39, 0.29) is 0 Å². The van der Waals surface area contributed by atoms with E-state index in [1.54, 1.807) is 6.20 Å². The van der Waals surface area contributed by atoms with Crippen molar-refractivity contribution < 1.29 is 0 Å². The summed E-state index contributed by atoms with van der Waals surface area (Å²) >= 11 is 0. The maximum Gasteiger partial charge on any atom is 0.249 e. The van der Waals surface area contributed by atoms with Gasteiger partial charge in [0, 0.05) is 11.7 Å². The second-order valence-electron chi connectivity index (χ2n) is 5.49. The molecule has 0 atom stereocenters. The number of para-hydroxylation sites is 1. The van der Waals surface area contributed by atoms with Crippen molar-refractivity contribution in [3.63, 3.8) is 0 Å². The van der Waals surface area contributed by atoms with Crippen LogP contribution < -0.4 is 10.6 Å². The van der Waals surface area contributed by atoms with Crippen LogP contribution in [0.3, 0.4) is 0 Å². The molecular weight excluding hydrogens is 262 g/mol. The maximum atomic E-state index is 4.50. The van der Waals surface area contributed by atoms with Crippen molar-refractivity contribution in [3.05, 3.63) is 36.5 Å². The van der Waals surface area contributed by atoms with Gasteiger partial charge in [-0.25, -0.2) is 0 Å². The fourth-order valence-corrected chi connectivity index (χ4v) is 2.71. The van der Waals surface area contributed by atoms with Gasteiger partial charge in [0.1, 0.15) is 0 Å². The molecule has 3 rings (SSSR count). The summed E-state index contributed by atoms with van der Waals surface area (Å²) in [7, 11) is 0. The minimum Gasteiger partial charge on any atom is -0.366 e. The van der Waals surface area contributed by atoms with Gasteiger partial charge < -0.3 is 10.6 Å². The van der Waals surface area contributed by atoms with Gasteiger partial charge in [-0.1, -0.05) is 43.9 Å². The zero-order valence-corrected chi connectivity index (χ0v) is 12.1. The van der Waals surface area contributed by atoms with Gasteiger partial charge in [0.05, 0.1) is 6.20 Å². The van der Waals surface area contributed by atoms with Crippen molar-refractivity contribution in [2.45, 2.75) is 44.6 Å². The molecule has 0 amide bonds. The molecule has 1 aliphatic carbocycles. The Morgan fingerprint density at radius 1 is 0.952 bits per heavy atom. The van der Waals surface area contributed by atoms with Crippen molar-refractivity contribution in [2.75, 3.05) is 10.6 Å². The van der Waals surface area contributed by atoms with Gasteiger partial charge in [-0.15, -0.1) is 5.10 Å². The molecule has 1 aromatic heterocycles. The van der Waals surface area contributed by atoms with E-state index in [1.165, 1.54) is 38.5 Å². The molecule has 2 N–H and O–H groups in total. The van der Waals surface area contributed by atoms with Gasteiger partial charge in [-0.05, 0) is 25.0 Å². The highest BCUT2D eigenvalue weighted by molar-refractivity contribution is 5.53. The Balaban J connectivity index is 1.65. The third-order valence-electron chi connectivity index (χ3n) is 3.80. The summed E-state index contributed by atoms with van der Waals surface area (Å²) in [6, 6.07) is 10.4. The smallest absolute Gasteiger partial charge is 0.249 e. The average Bonchev–Trinajstić information content (AvgIpc) is 2.77. The van der Waals surface area contributed by atoms with E-state index in [0.717, 1.165) is 11.5 Å². The molecule has 1 saturated carbocycles. The molecule has 5 nitrogen and oxygen atoms in total. The summed E-state index contributed by atoms with van der Waals surface area (Å²) < 4.78 is 0. The number of hydrogen-bond donors (Lipinski definition) is 2. The van der Waals surface area contributed by atoms with Gasteiger partial charge in [-0.3, -0.25) is 0 Å². The lowest BCUT2D eigenvalue weighted by Crippen LogP contribution is -2.19. The molecular formula is C16H21N5. The van der Waals surface area contributed by atoms with Crippen LogP contribution in [0.1, 0.15) is 38.5 Å². The van der Waals surface area contributed by atoms with Crippen LogP contribution in [0.15, 0.2) is 36.5 Å². The molecule has 2 aromatic rings. The van der Waals surface area contributed by atoms with Gasteiger partial charge >= 0.3 is 0 Å². The van der Waals surface area contributed by atoms with E-state index in [2.05, 4.69) is 25.8 Å². The maximum absolute atomic E-state index is 4.50. The number of nitrogens with zero attached hydrogens (tertiary/aromatic N) is 3. The molecule has 1 aliphatic rings. The second-order valence-corrected chi connectivity index (χ2v) is 5.49. The van der Waals surface area contributed by atoms with Crippen LogP contribution in [0.2, 0.25) is 0 Å². The third-order valence-corrected chi connectivity index (χ3v) is 3.80. The summed E-state index contributed by atoms with van der Waals surface area (Å²) in [6.45, 7) is 0. The lowest BCUT2D eigenvalue weighted by atomic mass is 10.1. The van der Waals surface area contributed by atoms with Gasteiger partial charge in [-0.2, -0.15) is 10.1 Å². The van der Waals surface area contributed by atoms with Crippen LogP contribution in [0, 0.1) is 0 Å². The first kappa shape index (κ1) is 13.8. The summed E-state index contributed by atoms with van der Waals surface area (Å²) in [5, 5.41) is 14.7. The van der Waals surface area contributed by atoms with Crippen LogP contribution >= 0.6 is 0 Å². The summed E-state index contributed by atoms with van der Waals surface area (Å²) in [5.41, 5.74) is 0.964. The van der Waals surface area contributed by atoms with Gasteiger partial charge in [0.25, 0.3) is 0 Å². The van der Waals surface area contributed by atoms with Gasteiger partial charge in [0.15, 0.2) is 5.82 Å². The van der Waals surface area contributed by atoms with Crippen molar-refractivity contribution >= 4 is 17.5 Å². The SMILES string of the molecule is c1ccc(Nc2nncc(NC3CCCCCC3)n2)cc1. The molecule has 0 aliphatic heterocycles. The zero-order valence-electron chi connectivity index (χ0n) is 12.1. The number of benzene rings is 1. The summed E-state index contributed by atoms with van der Waals surface area (Å²) in [5.74, 6) is 1.33. The topological polar surface area (TPSA) is 62.7 Å². The van der Waals surface area contributed by atoms with Crippen LogP contribution in [-0.4, -0.2) is 21.2 Å². The molecule has 0 unspecified atom stereocenters. The largest absolute Gasteiger partial charge is 0.366 e. The molecule has 0 bridgehead atoms. The highest BCUT2D eigenvalue weighted by atomic mass is 15.3. The minimum absolute atomic E-state index is 0.508. The molecule has 5 heteroatoms. The molecule has 0 radical (unpaired) electrons. The van der Waals surface area contributed by atoms with Crippen LogP contribution in [-0.2, 0) is 0 Å². The van der Waals surface area contributed by atoms with E-state index >= 15 is 0 Å². The van der Waals surface area contributed by atoms with Crippen molar-refractivity contribution in [1.29, 1.82) is 0 Å². The fraction of sp³-hybridized carbons (Fsp3) is 0.438. The Morgan fingerprint density at radius 2 is 1.71 bits per heavy atom. The van der Waals surface area contributed by atoms with Crippen molar-refractivity contribution in [2.24, 2.45) is 0 Å². The van der Waals surface area contributed by atoms with E-state index < -0.39 is 0 Å². The Bertz CT molecular complexity index is 550. The number of nitrogens with one attached hydrogen (secondary N) is 2. The van der Waals surface area contributed by atoms with Crippen molar-refractivity contribution in [1.82, 2.24) is 15.2 Å². The second kappa shape index (κ2) is 7.02. The summed E-state index contributed by atoms with van der Waals surface area (Å²) in [4.78, 5) is 4.50. The summed E-state index contributed by atoms with van der Waals surface area (Å²) in [6.07, 6.45) is 9.41. The lowest BCUT2D eigenvalue weighted by molar-refractivity contribution is 0.617. The van der Waals surface area contributed by atoms with E-state index in [9.17, 15) is 0 Å². The Hall–Kier alpha value is -2.17. The number of rotatable bonds is 4. The average molecular weight is 283 g/mol. The third kappa shape index (κ3) is 4.15. The normalized spacial score (nSPS) is 16.2. The molecule has 1 heterocycles. The number of hydrogen-bond acceptors (Lipinski definition) is 5. The first-order valence-electron chi connectivity index (χ1n) is 7.68. The quantitative estimate of drug-likeness (QED) is 0.837. The first-order chi connectivity index (χ1) is 10.4. The lowest BCUT2D eigenvalue weighted by Gasteiger charge is -2.16. The molecule has 21 heavy (non-hydrogen) atoms. The van der Waals surface area contributed by atoms with Crippen LogP contribution in [0.4, 0.5) is 17.5 Å².